The second-order valence-corrected chi connectivity index (χ2v) is 9.44. The molecule has 7 nitrogen and oxygen atoms in total. The molecular weight excluding hydrogens is 432 g/mol. The van der Waals surface area contributed by atoms with Crippen molar-refractivity contribution in [3.05, 3.63) is 59.7 Å². The topological polar surface area (TPSA) is 105 Å². The molecule has 1 unspecified atom stereocenters. The lowest BCUT2D eigenvalue weighted by Gasteiger charge is -2.26. The van der Waals surface area contributed by atoms with Crippen molar-refractivity contribution in [3.8, 4) is 11.1 Å². The first-order chi connectivity index (χ1) is 16.2. The highest BCUT2D eigenvalue weighted by molar-refractivity contribution is 5.79. The Hall–Kier alpha value is -3.35. The van der Waals surface area contributed by atoms with E-state index in [1.54, 1.807) is 13.8 Å². The van der Waals surface area contributed by atoms with Gasteiger partial charge in [0.05, 0.1) is 0 Å². The molecule has 34 heavy (non-hydrogen) atoms. The summed E-state index contributed by atoms with van der Waals surface area (Å²) in [5.74, 6) is -1.05. The number of carboxylic acids is 1. The van der Waals surface area contributed by atoms with Crippen LogP contribution >= 0.6 is 0 Å². The first-order valence-corrected chi connectivity index (χ1v) is 11.8. The molecule has 0 aliphatic heterocycles. The quantitative estimate of drug-likeness (QED) is 0.439. The van der Waals surface area contributed by atoms with Crippen molar-refractivity contribution in [1.29, 1.82) is 0 Å². The van der Waals surface area contributed by atoms with Gasteiger partial charge in [0.25, 0.3) is 0 Å². The average Bonchev–Trinajstić information content (AvgIpc) is 3.12. The Kier molecular flexibility index (Phi) is 8.31. The molecule has 0 heterocycles. The Morgan fingerprint density at radius 2 is 1.59 bits per heavy atom. The van der Waals surface area contributed by atoms with E-state index >= 15 is 0 Å². The number of alkyl carbamates (subject to hydrolysis) is 1. The standard InChI is InChI=1S/C27H34N2O5/c1-4-18(13-14-24(30)29-27(2,3)16-15-25(31)32)28-26(33)34-17-23-21-11-7-5-9-19(21)20-10-6-8-12-22(20)23/h5-12,18,23H,4,13-17H2,1-3H3,(H,28,33)(H,29,30)(H,31,32). The van der Waals surface area contributed by atoms with Crippen molar-refractivity contribution in [2.75, 3.05) is 6.61 Å². The van der Waals surface area contributed by atoms with Gasteiger partial charge < -0.3 is 20.5 Å². The van der Waals surface area contributed by atoms with E-state index in [4.69, 9.17) is 9.84 Å². The molecule has 1 aliphatic carbocycles. The van der Waals surface area contributed by atoms with Gasteiger partial charge in [0.1, 0.15) is 6.61 Å². The summed E-state index contributed by atoms with van der Waals surface area (Å²) >= 11 is 0. The van der Waals surface area contributed by atoms with Gasteiger partial charge in [0.15, 0.2) is 0 Å². The number of ether oxygens (including phenoxy) is 1. The minimum absolute atomic E-state index is 0.00274. The first-order valence-electron chi connectivity index (χ1n) is 11.8. The lowest BCUT2D eigenvalue weighted by Crippen LogP contribution is -2.44. The highest BCUT2D eigenvalue weighted by atomic mass is 16.5. The van der Waals surface area contributed by atoms with Gasteiger partial charge in [0.2, 0.25) is 5.91 Å². The van der Waals surface area contributed by atoms with E-state index in [2.05, 4.69) is 34.9 Å². The molecule has 3 rings (SSSR count). The van der Waals surface area contributed by atoms with Crippen molar-refractivity contribution in [2.45, 2.75) is 70.4 Å². The summed E-state index contributed by atoms with van der Waals surface area (Å²) in [4.78, 5) is 35.6. The van der Waals surface area contributed by atoms with Crippen LogP contribution in [-0.4, -0.2) is 41.3 Å². The average molecular weight is 467 g/mol. The minimum atomic E-state index is -0.888. The van der Waals surface area contributed by atoms with Crippen LogP contribution in [0.2, 0.25) is 0 Å². The van der Waals surface area contributed by atoms with Crippen LogP contribution in [0, 0.1) is 0 Å². The van der Waals surface area contributed by atoms with Gasteiger partial charge >= 0.3 is 12.1 Å². The Morgan fingerprint density at radius 3 is 2.15 bits per heavy atom. The van der Waals surface area contributed by atoms with Crippen LogP contribution in [0.3, 0.4) is 0 Å². The molecular formula is C27H34N2O5. The van der Waals surface area contributed by atoms with Gasteiger partial charge in [-0.3, -0.25) is 9.59 Å². The van der Waals surface area contributed by atoms with Crippen LogP contribution < -0.4 is 10.6 Å². The number of hydrogen-bond acceptors (Lipinski definition) is 4. The fourth-order valence-corrected chi connectivity index (χ4v) is 4.41. The van der Waals surface area contributed by atoms with Crippen molar-refractivity contribution in [2.24, 2.45) is 0 Å². The molecule has 0 fully saturated rings. The third-order valence-electron chi connectivity index (χ3n) is 6.32. The number of rotatable bonds is 11. The molecule has 3 N–H and O–H groups in total. The summed E-state index contributed by atoms with van der Waals surface area (Å²) in [6, 6.07) is 16.2. The van der Waals surface area contributed by atoms with Crippen LogP contribution in [0.4, 0.5) is 4.79 Å². The number of hydrogen-bond donors (Lipinski definition) is 3. The number of benzene rings is 2. The molecule has 2 aromatic carbocycles. The number of carbonyl (C=O) groups is 3. The smallest absolute Gasteiger partial charge is 0.407 e. The summed E-state index contributed by atoms with van der Waals surface area (Å²) in [6.45, 7) is 5.80. The lowest BCUT2D eigenvalue weighted by atomic mass is 9.97. The molecule has 0 saturated carbocycles. The summed E-state index contributed by atoms with van der Waals surface area (Å²) in [5, 5.41) is 14.6. The molecule has 1 aliphatic rings. The summed E-state index contributed by atoms with van der Waals surface area (Å²) in [5.41, 5.74) is 4.07. The van der Waals surface area contributed by atoms with Gasteiger partial charge in [-0.2, -0.15) is 0 Å². The van der Waals surface area contributed by atoms with Crippen LogP contribution in [-0.2, 0) is 14.3 Å². The number of fused-ring (bicyclic) bond motifs is 3. The zero-order valence-electron chi connectivity index (χ0n) is 20.1. The maximum absolute atomic E-state index is 12.5. The van der Waals surface area contributed by atoms with Crippen LogP contribution in [0.1, 0.15) is 69.9 Å². The second kappa shape index (κ2) is 11.2. The maximum Gasteiger partial charge on any atom is 0.407 e. The highest BCUT2D eigenvalue weighted by Crippen LogP contribution is 2.44. The zero-order chi connectivity index (χ0) is 24.7. The molecule has 0 aromatic heterocycles. The van der Waals surface area contributed by atoms with Crippen molar-refractivity contribution < 1.29 is 24.2 Å². The molecule has 7 heteroatoms. The Balaban J connectivity index is 1.49. The van der Waals surface area contributed by atoms with E-state index in [9.17, 15) is 14.4 Å². The van der Waals surface area contributed by atoms with Crippen molar-refractivity contribution in [3.63, 3.8) is 0 Å². The van der Waals surface area contributed by atoms with E-state index in [0.29, 0.717) is 19.3 Å². The molecule has 0 bridgehead atoms. The van der Waals surface area contributed by atoms with Gasteiger partial charge in [0, 0.05) is 30.3 Å². The van der Waals surface area contributed by atoms with Gasteiger partial charge in [-0.15, -0.1) is 0 Å². The molecule has 1 atom stereocenters. The van der Waals surface area contributed by atoms with Crippen LogP contribution in [0.25, 0.3) is 11.1 Å². The number of carboxylic acid groups (broad SMARTS) is 1. The third-order valence-corrected chi connectivity index (χ3v) is 6.32. The predicted octanol–water partition coefficient (Wildman–Crippen LogP) is 4.84. The third kappa shape index (κ3) is 6.59. The Morgan fingerprint density at radius 1 is 1.00 bits per heavy atom. The first kappa shape index (κ1) is 25.3. The molecule has 0 saturated heterocycles. The van der Waals surface area contributed by atoms with Gasteiger partial charge in [-0.05, 0) is 55.4 Å². The van der Waals surface area contributed by atoms with Gasteiger partial charge in [-0.25, -0.2) is 4.79 Å². The Bertz CT molecular complexity index is 988. The number of amides is 2. The Labute approximate surface area is 200 Å². The van der Waals surface area contributed by atoms with Crippen LogP contribution in [0.15, 0.2) is 48.5 Å². The molecule has 2 aromatic rings. The number of aliphatic carboxylic acids is 1. The monoisotopic (exact) mass is 466 g/mol. The lowest BCUT2D eigenvalue weighted by molar-refractivity contribution is -0.137. The van der Waals surface area contributed by atoms with E-state index in [-0.39, 0.29) is 37.3 Å². The van der Waals surface area contributed by atoms with E-state index in [1.807, 2.05) is 31.2 Å². The SMILES string of the molecule is CCC(CCC(=O)NC(C)(C)CCC(=O)O)NC(=O)OCC1c2ccccc2-c2ccccc21. The minimum Gasteiger partial charge on any atom is -0.481 e. The van der Waals surface area contributed by atoms with E-state index in [1.165, 1.54) is 11.1 Å². The highest BCUT2D eigenvalue weighted by Gasteiger charge is 2.29. The fraction of sp³-hybridized carbons (Fsp3) is 0.444. The second-order valence-electron chi connectivity index (χ2n) is 9.44. The normalized spacial score (nSPS) is 13.5. The summed E-state index contributed by atoms with van der Waals surface area (Å²) < 4.78 is 5.61. The van der Waals surface area contributed by atoms with Gasteiger partial charge in [-0.1, -0.05) is 55.5 Å². The fourth-order valence-electron chi connectivity index (χ4n) is 4.41. The van der Waals surface area contributed by atoms with E-state index in [0.717, 1.165) is 11.1 Å². The summed E-state index contributed by atoms with van der Waals surface area (Å²) in [6.07, 6.45) is 1.23. The predicted molar refractivity (Wildman–Crippen MR) is 131 cm³/mol. The summed E-state index contributed by atoms with van der Waals surface area (Å²) in [7, 11) is 0. The molecule has 0 radical (unpaired) electrons. The van der Waals surface area contributed by atoms with Crippen molar-refractivity contribution >= 4 is 18.0 Å². The zero-order valence-corrected chi connectivity index (χ0v) is 20.1. The number of carbonyl (C=O) groups excluding carboxylic acids is 2. The van der Waals surface area contributed by atoms with Crippen molar-refractivity contribution in [1.82, 2.24) is 10.6 Å². The molecule has 0 spiro atoms. The maximum atomic E-state index is 12.5. The largest absolute Gasteiger partial charge is 0.481 e. The number of nitrogens with one attached hydrogen (secondary N) is 2. The molecule has 2 amide bonds. The molecule has 182 valence electrons. The van der Waals surface area contributed by atoms with E-state index < -0.39 is 17.6 Å². The van der Waals surface area contributed by atoms with Crippen LogP contribution in [0.5, 0.6) is 0 Å².